The van der Waals surface area contributed by atoms with Crippen molar-refractivity contribution in [2.24, 2.45) is 17.2 Å². The Bertz CT molecular complexity index is 2270. The second-order valence-electron chi connectivity index (χ2n) is 17.8. The van der Waals surface area contributed by atoms with E-state index < -0.39 is 23.5 Å². The third-order valence-corrected chi connectivity index (χ3v) is 10.8. The Labute approximate surface area is 380 Å². The molecule has 2 aliphatic carbocycles. The van der Waals surface area contributed by atoms with E-state index in [9.17, 15) is 14.4 Å². The van der Waals surface area contributed by atoms with Crippen LogP contribution in [0.5, 0.6) is 11.5 Å². The number of carbonyl (C=O) groups excluding carboxylic acids is 3. The zero-order valence-electron chi connectivity index (χ0n) is 38.9. The van der Waals surface area contributed by atoms with Gasteiger partial charge >= 0.3 is 6.09 Å². The van der Waals surface area contributed by atoms with Crippen molar-refractivity contribution < 1.29 is 28.6 Å². The molecule has 65 heavy (non-hydrogen) atoms. The molecule has 2 fully saturated rings. The fourth-order valence-corrected chi connectivity index (χ4v) is 7.64. The van der Waals surface area contributed by atoms with Crippen molar-refractivity contribution in [2.75, 3.05) is 35.5 Å². The number of nitrogens with zero attached hydrogens (tertiary/aromatic N) is 6. The Balaban J connectivity index is 0.000000250. The molecule has 0 saturated heterocycles. The fraction of sp³-hybridized carbons (Fsp3) is 0.533. The highest BCUT2D eigenvalue weighted by atomic mass is 16.6. The van der Waals surface area contributed by atoms with Gasteiger partial charge in [0.25, 0.3) is 11.8 Å². The maximum absolute atomic E-state index is 12.4. The van der Waals surface area contributed by atoms with Crippen molar-refractivity contribution in [3.05, 3.63) is 59.2 Å². The van der Waals surface area contributed by atoms with Crippen LogP contribution in [-0.4, -0.2) is 92.3 Å². The molecular weight excluding hydrogens is 833 g/mol. The summed E-state index contributed by atoms with van der Waals surface area (Å²) >= 11 is 0. The van der Waals surface area contributed by atoms with Crippen molar-refractivity contribution in [2.45, 2.75) is 141 Å². The lowest BCUT2D eigenvalue weighted by atomic mass is 9.90. The standard InChI is InChI=1S/C25H37N7O4.C20H29N7O2/c1-14(2)21-18(35-6)11-12-19(30-21)28-17-13-20(31-32-22(17)23(26)33)27-15-9-7-8-10-16(15)29-24(34)36-25(3,4)5;1-11(2)18-15(29-3)8-9-16(25-18)24-14-10-17(26-27-19(14)20(22)28)23-13-7-5-4-6-12(13)21/h11-16H,7-10H2,1-6H3,(H2,26,33)(H,29,34)(H2,27,28,30,31);8-13H,4-7,21H2,1-3H3,(H2,22,28)(H2,23,24,25,26)/t15-,16+;12-,13+/m10/s1. The first kappa shape index (κ1) is 49.4. The second-order valence-corrected chi connectivity index (χ2v) is 17.8. The number of primary amides is 2. The van der Waals surface area contributed by atoms with Gasteiger partial charge in [-0.05, 0) is 82.6 Å². The lowest BCUT2D eigenvalue weighted by molar-refractivity contribution is 0.0488. The number of methoxy groups -OCH3 is 2. The van der Waals surface area contributed by atoms with Crippen molar-refractivity contribution in [3.8, 4) is 11.5 Å². The van der Waals surface area contributed by atoms with Gasteiger partial charge in [0.15, 0.2) is 23.0 Å². The molecule has 20 nitrogen and oxygen atoms in total. The molecule has 4 aromatic rings. The average Bonchev–Trinajstić information content (AvgIpc) is 3.24. The van der Waals surface area contributed by atoms with Gasteiger partial charge in [-0.2, -0.15) is 0 Å². The number of hydrogen-bond donors (Lipinski definition) is 8. The summed E-state index contributed by atoms with van der Waals surface area (Å²) < 4.78 is 16.2. The van der Waals surface area contributed by atoms with Gasteiger partial charge in [0.2, 0.25) is 0 Å². The number of anilines is 6. The molecule has 0 spiro atoms. The highest BCUT2D eigenvalue weighted by molar-refractivity contribution is 5.98. The molecule has 4 heterocycles. The van der Waals surface area contributed by atoms with E-state index in [0.717, 1.165) is 62.8 Å². The van der Waals surface area contributed by atoms with Gasteiger partial charge in [-0.3, -0.25) is 9.59 Å². The maximum Gasteiger partial charge on any atom is 0.407 e. The molecule has 20 heteroatoms. The van der Waals surface area contributed by atoms with Crippen molar-refractivity contribution in [1.29, 1.82) is 0 Å². The molecule has 3 amide bonds. The molecule has 4 atom stereocenters. The summed E-state index contributed by atoms with van der Waals surface area (Å²) in [4.78, 5) is 45.5. The molecular formula is C45H66N14O6. The number of nitrogens with one attached hydrogen (secondary N) is 5. The largest absolute Gasteiger partial charge is 0.495 e. The van der Waals surface area contributed by atoms with Crippen molar-refractivity contribution >= 4 is 52.6 Å². The highest BCUT2D eigenvalue weighted by Gasteiger charge is 2.30. The summed E-state index contributed by atoms with van der Waals surface area (Å²) in [6.45, 7) is 13.6. The number of carbonyl (C=O) groups is 3. The van der Waals surface area contributed by atoms with E-state index in [4.69, 9.17) is 31.4 Å². The van der Waals surface area contributed by atoms with Crippen LogP contribution < -0.4 is 53.3 Å². The first-order valence-electron chi connectivity index (χ1n) is 22.1. The number of rotatable bonds is 15. The molecule has 2 aliphatic rings. The predicted molar refractivity (Wildman–Crippen MR) is 250 cm³/mol. The lowest BCUT2D eigenvalue weighted by Gasteiger charge is -2.33. The van der Waals surface area contributed by atoms with Gasteiger partial charge in [-0.15, -0.1) is 20.4 Å². The third-order valence-electron chi connectivity index (χ3n) is 10.8. The van der Waals surface area contributed by atoms with E-state index in [1.54, 1.807) is 38.5 Å². The van der Waals surface area contributed by atoms with Gasteiger partial charge in [0.05, 0.1) is 43.0 Å². The molecule has 0 aromatic carbocycles. The van der Waals surface area contributed by atoms with Crippen LogP contribution in [0.1, 0.15) is 144 Å². The van der Waals surface area contributed by atoms with Gasteiger partial charge < -0.3 is 58.0 Å². The summed E-state index contributed by atoms with van der Waals surface area (Å²) in [7, 11) is 3.21. The molecule has 352 valence electrons. The molecule has 0 aliphatic heterocycles. The van der Waals surface area contributed by atoms with Crippen LogP contribution in [0.15, 0.2) is 36.4 Å². The van der Waals surface area contributed by atoms with Gasteiger partial charge in [0.1, 0.15) is 28.7 Å². The minimum atomic E-state index is -0.712. The van der Waals surface area contributed by atoms with Crippen LogP contribution in [0.4, 0.5) is 39.4 Å². The second kappa shape index (κ2) is 22.4. The van der Waals surface area contributed by atoms with Crippen molar-refractivity contribution in [1.82, 2.24) is 35.7 Å². The van der Waals surface area contributed by atoms with Gasteiger partial charge in [-0.1, -0.05) is 53.4 Å². The first-order valence-corrected chi connectivity index (χ1v) is 22.1. The van der Waals surface area contributed by atoms with Crippen LogP contribution in [0.25, 0.3) is 0 Å². The zero-order chi connectivity index (χ0) is 47.4. The quantitative estimate of drug-likeness (QED) is 0.0621. The van der Waals surface area contributed by atoms with E-state index >= 15 is 0 Å². The predicted octanol–water partition coefficient (Wildman–Crippen LogP) is 6.62. The van der Waals surface area contributed by atoms with Crippen LogP contribution in [0, 0.1) is 0 Å². The van der Waals surface area contributed by atoms with Crippen molar-refractivity contribution in [3.63, 3.8) is 0 Å². The monoisotopic (exact) mass is 899 g/mol. The lowest BCUT2D eigenvalue weighted by Crippen LogP contribution is -2.49. The van der Waals surface area contributed by atoms with Crippen LogP contribution in [0.2, 0.25) is 0 Å². The third kappa shape index (κ3) is 14.0. The van der Waals surface area contributed by atoms with E-state index in [2.05, 4.69) is 56.9 Å². The first-order chi connectivity index (χ1) is 30.8. The van der Waals surface area contributed by atoms with E-state index in [-0.39, 0.29) is 47.4 Å². The molecule has 0 bridgehead atoms. The number of aromatic nitrogens is 6. The van der Waals surface area contributed by atoms with Crippen LogP contribution in [0.3, 0.4) is 0 Å². The van der Waals surface area contributed by atoms with Gasteiger partial charge in [0, 0.05) is 30.3 Å². The number of amides is 3. The Kier molecular flexibility index (Phi) is 17.0. The Hall–Kier alpha value is -6.57. The van der Waals surface area contributed by atoms with E-state index in [1.165, 1.54) is 0 Å². The minimum absolute atomic E-state index is 0.00339. The Morgan fingerprint density at radius 3 is 1.48 bits per heavy atom. The summed E-state index contributed by atoms with van der Waals surface area (Å²) in [6.07, 6.45) is 7.41. The maximum atomic E-state index is 12.4. The number of hydrogen-bond acceptors (Lipinski definition) is 17. The molecule has 0 unspecified atom stereocenters. The number of ether oxygens (including phenoxy) is 3. The summed E-state index contributed by atoms with van der Waals surface area (Å²) in [5, 5.41) is 32.3. The SMILES string of the molecule is COc1ccc(Nc2cc(N[C@@H]3CCCC[C@@H]3N)nnc2C(N)=O)nc1C(C)C.COc1ccc(Nc2cc(N[C@@H]3CCCC[C@@H]3NC(=O)OC(C)(C)C)nnc2C(N)=O)nc1C(C)C. The molecule has 0 radical (unpaired) electrons. The summed E-state index contributed by atoms with van der Waals surface area (Å²) in [5.41, 5.74) is 19.1. The normalized spacial score (nSPS) is 18.4. The van der Waals surface area contributed by atoms with Crippen LogP contribution in [-0.2, 0) is 4.74 Å². The van der Waals surface area contributed by atoms with Crippen LogP contribution >= 0.6 is 0 Å². The Morgan fingerprint density at radius 2 is 1.06 bits per heavy atom. The topological polar surface area (TPSA) is 294 Å². The fourth-order valence-electron chi connectivity index (χ4n) is 7.64. The molecule has 11 N–H and O–H groups in total. The molecule has 6 rings (SSSR count). The summed E-state index contributed by atoms with van der Waals surface area (Å²) in [5.74, 6) is 2.38. The summed E-state index contributed by atoms with van der Waals surface area (Å²) in [6, 6.07) is 10.5. The van der Waals surface area contributed by atoms with E-state index in [0.29, 0.717) is 46.1 Å². The smallest absolute Gasteiger partial charge is 0.407 e. The Morgan fingerprint density at radius 1 is 0.631 bits per heavy atom. The zero-order valence-corrected chi connectivity index (χ0v) is 38.9. The molecule has 4 aromatic heterocycles. The number of alkyl carbamates (subject to hydrolysis) is 1. The number of pyridine rings is 2. The average molecular weight is 899 g/mol. The minimum Gasteiger partial charge on any atom is -0.495 e. The molecule has 2 saturated carbocycles. The van der Waals surface area contributed by atoms with E-state index in [1.807, 2.05) is 60.6 Å². The number of nitrogens with two attached hydrogens (primary N) is 3. The van der Waals surface area contributed by atoms with Gasteiger partial charge in [-0.25, -0.2) is 14.8 Å². The highest BCUT2D eigenvalue weighted by Crippen LogP contribution is 2.31.